The van der Waals surface area contributed by atoms with Crippen LogP contribution in [0, 0.1) is 5.92 Å². The van der Waals surface area contributed by atoms with Gasteiger partial charge in [0.15, 0.2) is 0 Å². The number of nitrogens with zero attached hydrogens (tertiary/aromatic N) is 2. The van der Waals surface area contributed by atoms with Gasteiger partial charge in [-0.05, 0) is 24.1 Å². The summed E-state index contributed by atoms with van der Waals surface area (Å²) in [6, 6.07) is 8.24. The van der Waals surface area contributed by atoms with Crippen LogP contribution in [0.2, 0.25) is 0 Å². The number of amides is 2. The van der Waals surface area contributed by atoms with Gasteiger partial charge in [-0.2, -0.15) is 4.31 Å². The van der Waals surface area contributed by atoms with E-state index in [1.807, 2.05) is 13.8 Å². The zero-order valence-corrected chi connectivity index (χ0v) is 18.0. The lowest BCUT2D eigenvalue weighted by molar-refractivity contribution is -0.119. The van der Waals surface area contributed by atoms with Crippen molar-refractivity contribution in [1.82, 2.24) is 9.62 Å². The first-order valence-corrected chi connectivity index (χ1v) is 11.3. The van der Waals surface area contributed by atoms with E-state index >= 15 is 0 Å². The quantitative estimate of drug-likeness (QED) is 0.715. The Morgan fingerprint density at radius 1 is 1.14 bits per heavy atom. The largest absolute Gasteiger partial charge is 0.354 e. The molecule has 0 aromatic heterocycles. The van der Waals surface area contributed by atoms with Crippen LogP contribution in [-0.4, -0.2) is 50.7 Å². The summed E-state index contributed by atoms with van der Waals surface area (Å²) in [6.45, 7) is 8.74. The smallest absolute Gasteiger partial charge is 0.259 e. The van der Waals surface area contributed by atoms with Crippen LogP contribution in [0.4, 0.5) is 5.69 Å². The summed E-state index contributed by atoms with van der Waals surface area (Å²) in [5, 5.41) is 3.91. The monoisotopic (exact) mass is 417 g/mol. The number of carbonyl (C=O) groups excluding carboxylic acids is 2. The molecule has 8 heteroatoms. The standard InChI is InChI=1S/C21H27N3O4S/c1-5-23(6-2)29(27,28)18-11-10-17-20-15(18)8-7-9-16(20)21(26)24(17)13-19(25)22-12-14(3)4/h7-11,14H,5-6,12-13H2,1-4H3,(H,22,25). The Balaban J connectivity index is 2.06. The molecule has 0 bridgehead atoms. The Hall–Kier alpha value is -2.45. The number of carbonyl (C=O) groups is 2. The van der Waals surface area contributed by atoms with E-state index in [-0.39, 0.29) is 23.3 Å². The zero-order valence-electron chi connectivity index (χ0n) is 17.2. The highest BCUT2D eigenvalue weighted by Crippen LogP contribution is 2.40. The summed E-state index contributed by atoms with van der Waals surface area (Å²) in [5.74, 6) is -0.225. The van der Waals surface area contributed by atoms with Gasteiger partial charge in [0.1, 0.15) is 6.54 Å². The minimum Gasteiger partial charge on any atom is -0.354 e. The highest BCUT2D eigenvalue weighted by atomic mass is 32.2. The number of nitrogens with one attached hydrogen (secondary N) is 1. The van der Waals surface area contributed by atoms with Crippen LogP contribution in [0.5, 0.6) is 0 Å². The topological polar surface area (TPSA) is 86.8 Å². The van der Waals surface area contributed by atoms with Crippen LogP contribution in [-0.2, 0) is 14.8 Å². The molecule has 0 fully saturated rings. The van der Waals surface area contributed by atoms with Gasteiger partial charge in [-0.1, -0.05) is 39.8 Å². The van der Waals surface area contributed by atoms with Gasteiger partial charge in [0.2, 0.25) is 15.9 Å². The van der Waals surface area contributed by atoms with Crippen molar-refractivity contribution in [3.63, 3.8) is 0 Å². The Labute approximate surface area is 171 Å². The van der Waals surface area contributed by atoms with Crippen molar-refractivity contribution < 1.29 is 18.0 Å². The van der Waals surface area contributed by atoms with Crippen molar-refractivity contribution in [3.05, 3.63) is 35.9 Å². The van der Waals surface area contributed by atoms with Crippen LogP contribution < -0.4 is 10.2 Å². The van der Waals surface area contributed by atoms with Gasteiger partial charge >= 0.3 is 0 Å². The second kappa shape index (κ2) is 8.12. The molecule has 2 aromatic carbocycles. The average molecular weight is 418 g/mol. The third-order valence-electron chi connectivity index (χ3n) is 5.08. The molecule has 0 saturated carbocycles. The molecule has 0 atom stereocenters. The molecule has 0 unspecified atom stereocenters. The normalized spacial score (nSPS) is 13.7. The van der Waals surface area contributed by atoms with Crippen LogP contribution in [0.3, 0.4) is 0 Å². The lowest BCUT2D eigenvalue weighted by Gasteiger charge is -2.21. The summed E-state index contributed by atoms with van der Waals surface area (Å²) >= 11 is 0. The maximum Gasteiger partial charge on any atom is 0.259 e. The van der Waals surface area contributed by atoms with Gasteiger partial charge < -0.3 is 5.32 Å². The van der Waals surface area contributed by atoms with Crippen molar-refractivity contribution >= 4 is 38.3 Å². The van der Waals surface area contributed by atoms with Crippen molar-refractivity contribution in [2.75, 3.05) is 31.1 Å². The summed E-state index contributed by atoms with van der Waals surface area (Å²) < 4.78 is 27.6. The molecule has 2 aromatic rings. The molecule has 1 N–H and O–H groups in total. The van der Waals surface area contributed by atoms with E-state index < -0.39 is 10.0 Å². The van der Waals surface area contributed by atoms with E-state index in [2.05, 4.69) is 5.32 Å². The van der Waals surface area contributed by atoms with Crippen LogP contribution in [0.1, 0.15) is 38.1 Å². The fraction of sp³-hybridized carbons (Fsp3) is 0.429. The lowest BCUT2D eigenvalue weighted by Crippen LogP contribution is -2.40. The summed E-state index contributed by atoms with van der Waals surface area (Å²) in [4.78, 5) is 26.8. The van der Waals surface area contributed by atoms with Crippen molar-refractivity contribution in [2.45, 2.75) is 32.6 Å². The lowest BCUT2D eigenvalue weighted by atomic mass is 10.1. The van der Waals surface area contributed by atoms with Gasteiger partial charge in [0, 0.05) is 36.0 Å². The second-order valence-corrected chi connectivity index (χ2v) is 9.40. The van der Waals surface area contributed by atoms with Gasteiger partial charge in [0.05, 0.1) is 10.6 Å². The van der Waals surface area contributed by atoms with E-state index in [1.54, 1.807) is 38.1 Å². The highest BCUT2D eigenvalue weighted by Gasteiger charge is 2.34. The average Bonchev–Trinajstić information content (AvgIpc) is 2.95. The molecule has 0 spiro atoms. The minimum atomic E-state index is -3.69. The molecule has 7 nitrogen and oxygen atoms in total. The molecule has 29 heavy (non-hydrogen) atoms. The van der Waals surface area contributed by atoms with Crippen molar-refractivity contribution in [2.24, 2.45) is 5.92 Å². The molecule has 0 aliphatic carbocycles. The Morgan fingerprint density at radius 2 is 1.83 bits per heavy atom. The third kappa shape index (κ3) is 3.74. The van der Waals surface area contributed by atoms with E-state index in [1.165, 1.54) is 15.3 Å². The third-order valence-corrected chi connectivity index (χ3v) is 7.19. The predicted octanol–water partition coefficient (Wildman–Crippen LogP) is 2.60. The maximum atomic E-state index is 13.1. The second-order valence-electron chi connectivity index (χ2n) is 7.49. The molecule has 0 radical (unpaired) electrons. The maximum absolute atomic E-state index is 13.1. The summed E-state index contributed by atoms with van der Waals surface area (Å²) in [7, 11) is -3.69. The number of hydrogen-bond donors (Lipinski definition) is 1. The molecule has 156 valence electrons. The van der Waals surface area contributed by atoms with E-state index in [4.69, 9.17) is 0 Å². The Morgan fingerprint density at radius 3 is 2.45 bits per heavy atom. The molecule has 0 saturated heterocycles. The van der Waals surface area contributed by atoms with Gasteiger partial charge in [-0.25, -0.2) is 8.42 Å². The Kier molecular flexibility index (Phi) is 5.95. The van der Waals surface area contributed by atoms with Crippen LogP contribution in [0.15, 0.2) is 35.2 Å². The molecular weight excluding hydrogens is 390 g/mol. The Bertz CT molecular complexity index is 1060. The highest BCUT2D eigenvalue weighted by molar-refractivity contribution is 7.89. The van der Waals surface area contributed by atoms with Gasteiger partial charge in [0.25, 0.3) is 5.91 Å². The number of rotatable bonds is 8. The molecular formula is C21H27N3O4S. The first kappa shape index (κ1) is 21.3. The van der Waals surface area contributed by atoms with Crippen molar-refractivity contribution in [1.29, 1.82) is 0 Å². The summed E-state index contributed by atoms with van der Waals surface area (Å²) in [6.07, 6.45) is 0. The molecule has 1 heterocycles. The zero-order chi connectivity index (χ0) is 21.3. The predicted molar refractivity (Wildman–Crippen MR) is 114 cm³/mol. The first-order chi connectivity index (χ1) is 13.7. The first-order valence-electron chi connectivity index (χ1n) is 9.86. The molecule has 1 aliphatic rings. The molecule has 1 aliphatic heterocycles. The molecule has 3 rings (SSSR count). The van der Waals surface area contributed by atoms with Gasteiger partial charge in [-0.3, -0.25) is 14.5 Å². The number of benzene rings is 2. The number of sulfonamides is 1. The fourth-order valence-corrected chi connectivity index (χ4v) is 5.27. The van der Waals surface area contributed by atoms with E-state index in [9.17, 15) is 18.0 Å². The van der Waals surface area contributed by atoms with Gasteiger partial charge in [-0.15, -0.1) is 0 Å². The van der Waals surface area contributed by atoms with Crippen LogP contribution in [0.25, 0.3) is 10.8 Å². The summed E-state index contributed by atoms with van der Waals surface area (Å²) in [5.41, 5.74) is 0.990. The number of anilines is 1. The van der Waals surface area contributed by atoms with Crippen LogP contribution >= 0.6 is 0 Å². The SMILES string of the molecule is CCN(CC)S(=O)(=O)c1ccc2c3c(cccc13)C(=O)N2CC(=O)NCC(C)C. The van der Waals surface area contributed by atoms with Crippen molar-refractivity contribution in [3.8, 4) is 0 Å². The van der Waals surface area contributed by atoms with E-state index in [0.29, 0.717) is 47.6 Å². The van der Waals surface area contributed by atoms with E-state index in [0.717, 1.165) is 0 Å². The minimum absolute atomic E-state index is 0.0997. The molecule has 2 amide bonds. The number of hydrogen-bond acceptors (Lipinski definition) is 4. The fourth-order valence-electron chi connectivity index (χ4n) is 3.62.